The number of aliphatic carboxylic acids is 1. The lowest BCUT2D eigenvalue weighted by Gasteiger charge is -2.11. The van der Waals surface area contributed by atoms with Crippen LogP contribution < -0.4 is 5.01 Å². The summed E-state index contributed by atoms with van der Waals surface area (Å²) in [6.45, 7) is -0.728. The number of para-hydroxylation sites is 2. The predicted molar refractivity (Wildman–Crippen MR) is 53.9 cm³/mol. The molecule has 0 saturated carbocycles. The molecule has 0 bridgehead atoms. The summed E-state index contributed by atoms with van der Waals surface area (Å²) in [5.41, 5.74) is -0.520. The molecule has 8 heteroatoms. The summed E-state index contributed by atoms with van der Waals surface area (Å²) in [4.78, 5) is 30.7. The van der Waals surface area contributed by atoms with Gasteiger partial charge in [0.05, 0.1) is 10.2 Å². The minimum atomic E-state index is -1.31. The lowest BCUT2D eigenvalue weighted by Crippen LogP contribution is -2.24. The van der Waals surface area contributed by atoms with Gasteiger partial charge in [-0.05, 0) is 6.07 Å². The number of nitroso groups, excluding NO2 is 1. The molecule has 1 rings (SSSR count). The summed E-state index contributed by atoms with van der Waals surface area (Å²) in [6.07, 6.45) is 0. The molecule has 0 aliphatic rings. The van der Waals surface area contributed by atoms with Crippen molar-refractivity contribution in [3.8, 4) is 0 Å². The lowest BCUT2D eigenvalue weighted by molar-refractivity contribution is -0.384. The third-order valence-corrected chi connectivity index (χ3v) is 1.74. The Kier molecular flexibility index (Phi) is 3.49. The highest BCUT2D eigenvalue weighted by Crippen LogP contribution is 2.27. The van der Waals surface area contributed by atoms with Crippen LogP contribution in [0.2, 0.25) is 0 Å². The number of nitro benzene ring substituents is 1. The monoisotopic (exact) mass is 225 g/mol. The summed E-state index contributed by atoms with van der Waals surface area (Å²) >= 11 is 0. The van der Waals surface area contributed by atoms with E-state index in [1.165, 1.54) is 18.2 Å². The van der Waals surface area contributed by atoms with Gasteiger partial charge in [-0.3, -0.25) is 14.9 Å². The van der Waals surface area contributed by atoms with Gasteiger partial charge in [-0.1, -0.05) is 12.1 Å². The maximum absolute atomic E-state index is 10.6. The third kappa shape index (κ3) is 2.50. The second-order valence-corrected chi connectivity index (χ2v) is 2.78. The average molecular weight is 225 g/mol. The number of carboxylic acid groups (broad SMARTS) is 1. The molecule has 0 amide bonds. The standard InChI is InChI=1S/C8H7N3O5/c12-8(13)5-10(9-14)6-3-1-2-4-7(6)11(15)16/h1-4H,5H2,(H,12,13). The van der Waals surface area contributed by atoms with Crippen LogP contribution in [0.4, 0.5) is 11.4 Å². The van der Waals surface area contributed by atoms with E-state index in [0.29, 0.717) is 5.01 Å². The van der Waals surface area contributed by atoms with Gasteiger partial charge in [0.25, 0.3) is 5.69 Å². The zero-order valence-electron chi connectivity index (χ0n) is 7.94. The first kappa shape index (κ1) is 11.6. The van der Waals surface area contributed by atoms with E-state index in [2.05, 4.69) is 5.29 Å². The molecule has 1 N–H and O–H groups in total. The molecule has 0 radical (unpaired) electrons. The third-order valence-electron chi connectivity index (χ3n) is 1.74. The van der Waals surface area contributed by atoms with Crippen molar-refractivity contribution < 1.29 is 14.8 Å². The van der Waals surface area contributed by atoms with Crippen molar-refractivity contribution in [1.82, 2.24) is 0 Å². The molecule has 0 aromatic heterocycles. The number of rotatable bonds is 5. The van der Waals surface area contributed by atoms with E-state index < -0.39 is 17.4 Å². The molecule has 16 heavy (non-hydrogen) atoms. The van der Waals surface area contributed by atoms with E-state index >= 15 is 0 Å². The molecule has 84 valence electrons. The second kappa shape index (κ2) is 4.82. The van der Waals surface area contributed by atoms with Crippen LogP contribution in [0, 0.1) is 15.0 Å². The van der Waals surface area contributed by atoms with Gasteiger partial charge in [0.2, 0.25) is 0 Å². The number of hydrogen-bond acceptors (Lipinski definition) is 5. The molecule has 0 aliphatic carbocycles. The summed E-state index contributed by atoms with van der Waals surface area (Å²) in [6, 6.07) is 5.27. The van der Waals surface area contributed by atoms with Crippen molar-refractivity contribution in [3.63, 3.8) is 0 Å². The van der Waals surface area contributed by atoms with Crippen LogP contribution >= 0.6 is 0 Å². The molecule has 0 saturated heterocycles. The Morgan fingerprint density at radius 1 is 1.50 bits per heavy atom. The first-order valence-corrected chi connectivity index (χ1v) is 4.12. The van der Waals surface area contributed by atoms with Crippen LogP contribution in [0.15, 0.2) is 29.6 Å². The minimum Gasteiger partial charge on any atom is -0.480 e. The van der Waals surface area contributed by atoms with Crippen LogP contribution in [0.25, 0.3) is 0 Å². The van der Waals surface area contributed by atoms with E-state index in [-0.39, 0.29) is 11.4 Å². The smallest absolute Gasteiger partial charge is 0.325 e. The van der Waals surface area contributed by atoms with E-state index in [0.717, 1.165) is 6.07 Å². The molecule has 1 aromatic rings. The van der Waals surface area contributed by atoms with E-state index in [9.17, 15) is 19.8 Å². The first-order valence-electron chi connectivity index (χ1n) is 4.12. The van der Waals surface area contributed by atoms with Crippen LogP contribution in [-0.2, 0) is 4.79 Å². The molecule has 0 heterocycles. The molecule has 1 aromatic carbocycles. The highest BCUT2D eigenvalue weighted by molar-refractivity contribution is 5.75. The SMILES string of the molecule is O=NN(CC(=O)O)c1ccccc1[N+](=O)[O-]. The summed E-state index contributed by atoms with van der Waals surface area (Å²) in [5.74, 6) is -1.31. The van der Waals surface area contributed by atoms with Crippen molar-refractivity contribution in [2.45, 2.75) is 0 Å². The molecule has 0 spiro atoms. The maximum atomic E-state index is 10.6. The Balaban J connectivity index is 3.13. The Hall–Kier alpha value is -2.51. The highest BCUT2D eigenvalue weighted by Gasteiger charge is 2.21. The Bertz CT molecular complexity index is 433. The fourth-order valence-corrected chi connectivity index (χ4v) is 1.12. The number of nitro groups is 1. The van der Waals surface area contributed by atoms with Crippen molar-refractivity contribution in [1.29, 1.82) is 0 Å². The van der Waals surface area contributed by atoms with E-state index in [4.69, 9.17) is 5.11 Å². The van der Waals surface area contributed by atoms with Gasteiger partial charge in [-0.2, -0.15) is 0 Å². The van der Waals surface area contributed by atoms with Gasteiger partial charge < -0.3 is 5.11 Å². The normalized spacial score (nSPS) is 9.50. The largest absolute Gasteiger partial charge is 0.480 e. The van der Waals surface area contributed by atoms with E-state index in [1.807, 2.05) is 0 Å². The van der Waals surface area contributed by atoms with E-state index in [1.54, 1.807) is 0 Å². The number of anilines is 1. The fraction of sp³-hybridized carbons (Fsp3) is 0.125. The maximum Gasteiger partial charge on any atom is 0.325 e. The van der Waals surface area contributed by atoms with Crippen LogP contribution in [0.1, 0.15) is 0 Å². The first-order chi connectivity index (χ1) is 7.56. The van der Waals surface area contributed by atoms with Gasteiger partial charge in [-0.25, -0.2) is 5.01 Å². The summed E-state index contributed by atoms with van der Waals surface area (Å²) in [7, 11) is 0. The van der Waals surface area contributed by atoms with Gasteiger partial charge in [0, 0.05) is 6.07 Å². The molecule has 0 atom stereocenters. The highest BCUT2D eigenvalue weighted by atomic mass is 16.6. The summed E-state index contributed by atoms with van der Waals surface area (Å²) < 4.78 is 0. The fourth-order valence-electron chi connectivity index (χ4n) is 1.12. The summed E-state index contributed by atoms with van der Waals surface area (Å²) in [5, 5.41) is 22.1. The van der Waals surface area contributed by atoms with Crippen molar-refractivity contribution in [2.24, 2.45) is 5.29 Å². The molecule has 0 unspecified atom stereocenters. The number of carbonyl (C=O) groups is 1. The van der Waals surface area contributed by atoms with Crippen LogP contribution in [0.3, 0.4) is 0 Å². The minimum absolute atomic E-state index is 0.148. The molecule has 8 nitrogen and oxygen atoms in total. The zero-order valence-corrected chi connectivity index (χ0v) is 7.94. The van der Waals surface area contributed by atoms with Crippen molar-refractivity contribution >= 4 is 17.3 Å². The Morgan fingerprint density at radius 3 is 2.62 bits per heavy atom. The van der Waals surface area contributed by atoms with Crippen molar-refractivity contribution in [2.75, 3.05) is 11.6 Å². The second-order valence-electron chi connectivity index (χ2n) is 2.78. The van der Waals surface area contributed by atoms with Gasteiger partial charge in [0.15, 0.2) is 0 Å². The molecule has 0 aliphatic heterocycles. The molecular formula is C8H7N3O5. The molecular weight excluding hydrogens is 218 g/mol. The van der Waals surface area contributed by atoms with Gasteiger partial charge in [-0.15, -0.1) is 4.91 Å². The van der Waals surface area contributed by atoms with Crippen molar-refractivity contribution in [3.05, 3.63) is 39.3 Å². The van der Waals surface area contributed by atoms with Crippen LogP contribution in [-0.4, -0.2) is 22.5 Å². The topological polar surface area (TPSA) is 113 Å². The average Bonchev–Trinajstić information content (AvgIpc) is 2.25. The molecule has 0 fully saturated rings. The van der Waals surface area contributed by atoms with Gasteiger partial charge >= 0.3 is 5.97 Å². The number of benzene rings is 1. The number of carboxylic acids is 1. The Labute approximate surface area is 89.2 Å². The number of nitrogens with zero attached hydrogens (tertiary/aromatic N) is 3. The predicted octanol–water partition coefficient (Wildman–Crippen LogP) is 1.17. The quantitative estimate of drug-likeness (QED) is 0.457. The zero-order chi connectivity index (χ0) is 12.1. The van der Waals surface area contributed by atoms with Crippen LogP contribution in [0.5, 0.6) is 0 Å². The Morgan fingerprint density at radius 2 is 2.12 bits per heavy atom. The lowest BCUT2D eigenvalue weighted by atomic mass is 10.2. The number of hydrogen-bond donors (Lipinski definition) is 1. The van der Waals surface area contributed by atoms with Gasteiger partial charge in [0.1, 0.15) is 12.2 Å².